The molecule has 0 spiro atoms. The molecule has 0 bridgehead atoms. The number of thioether (sulfide) groups is 1. The molecule has 2 heterocycles. The SMILES string of the molecule is Cc1ccc(CNC(=O)c2cc3c(s2)-c2c(C)cc(C)cc2SC3)cc1. The molecule has 4 heteroatoms. The summed E-state index contributed by atoms with van der Waals surface area (Å²) in [7, 11) is 0. The summed E-state index contributed by atoms with van der Waals surface area (Å²) in [5.41, 5.74) is 7.53. The van der Waals surface area contributed by atoms with Crippen molar-refractivity contribution in [2.24, 2.45) is 0 Å². The van der Waals surface area contributed by atoms with Gasteiger partial charge in [0.15, 0.2) is 0 Å². The van der Waals surface area contributed by atoms with E-state index in [0.29, 0.717) is 6.54 Å². The van der Waals surface area contributed by atoms with Crippen LogP contribution in [0.25, 0.3) is 10.4 Å². The Hall–Kier alpha value is -2.04. The van der Waals surface area contributed by atoms with Crippen LogP contribution < -0.4 is 5.32 Å². The Bertz CT molecular complexity index is 986. The molecule has 2 nitrogen and oxygen atoms in total. The van der Waals surface area contributed by atoms with Crippen LogP contribution in [0.5, 0.6) is 0 Å². The molecule has 0 fully saturated rings. The topological polar surface area (TPSA) is 29.1 Å². The summed E-state index contributed by atoms with van der Waals surface area (Å²) in [4.78, 5) is 16.0. The summed E-state index contributed by atoms with van der Waals surface area (Å²) >= 11 is 3.49. The summed E-state index contributed by atoms with van der Waals surface area (Å²) in [5.74, 6) is 0.953. The first-order valence-electron chi connectivity index (χ1n) is 8.72. The minimum atomic E-state index is 0.0151. The Morgan fingerprint density at radius 2 is 1.81 bits per heavy atom. The fraction of sp³-hybridized carbons (Fsp3) is 0.227. The standard InChI is InChI=1S/C22H21NOS2/c1-13-4-6-16(7-5-13)11-23-22(24)19-10-17-12-25-18-9-14(2)8-15(3)20(18)21(17)26-19/h4-10H,11-12H2,1-3H3,(H,23,24). The highest BCUT2D eigenvalue weighted by atomic mass is 32.2. The Balaban J connectivity index is 1.57. The van der Waals surface area contributed by atoms with E-state index in [4.69, 9.17) is 0 Å². The fourth-order valence-electron chi connectivity index (χ4n) is 3.32. The number of nitrogens with one attached hydrogen (secondary N) is 1. The molecule has 1 N–H and O–H groups in total. The predicted molar refractivity (Wildman–Crippen MR) is 111 cm³/mol. The number of thiophene rings is 1. The lowest BCUT2D eigenvalue weighted by Gasteiger charge is -2.18. The van der Waals surface area contributed by atoms with Gasteiger partial charge in [0.2, 0.25) is 0 Å². The van der Waals surface area contributed by atoms with E-state index in [9.17, 15) is 4.79 Å². The van der Waals surface area contributed by atoms with E-state index in [-0.39, 0.29) is 5.91 Å². The Kier molecular flexibility index (Phi) is 4.63. The maximum Gasteiger partial charge on any atom is 0.261 e. The van der Waals surface area contributed by atoms with E-state index in [2.05, 4.69) is 68.6 Å². The van der Waals surface area contributed by atoms with Gasteiger partial charge in [-0.3, -0.25) is 4.79 Å². The number of hydrogen-bond acceptors (Lipinski definition) is 3. The van der Waals surface area contributed by atoms with E-state index in [0.717, 1.165) is 16.2 Å². The Labute approximate surface area is 162 Å². The molecule has 0 atom stereocenters. The van der Waals surface area contributed by atoms with Crippen LogP contribution in [0.3, 0.4) is 0 Å². The van der Waals surface area contributed by atoms with Gasteiger partial charge < -0.3 is 5.32 Å². The summed E-state index contributed by atoms with van der Waals surface area (Å²) in [6.07, 6.45) is 0. The van der Waals surface area contributed by atoms with Gasteiger partial charge in [0.05, 0.1) is 4.88 Å². The second kappa shape index (κ2) is 6.93. The van der Waals surface area contributed by atoms with Crippen molar-refractivity contribution in [2.45, 2.75) is 38.0 Å². The van der Waals surface area contributed by atoms with Crippen molar-refractivity contribution in [3.8, 4) is 10.4 Å². The Morgan fingerprint density at radius 1 is 1.04 bits per heavy atom. The zero-order valence-electron chi connectivity index (χ0n) is 15.2. The molecule has 4 rings (SSSR count). The zero-order valence-corrected chi connectivity index (χ0v) is 16.8. The van der Waals surface area contributed by atoms with E-state index in [1.54, 1.807) is 11.3 Å². The van der Waals surface area contributed by atoms with Gasteiger partial charge in [-0.05, 0) is 55.2 Å². The van der Waals surface area contributed by atoms with E-state index < -0.39 is 0 Å². The number of carbonyl (C=O) groups excluding carboxylic acids is 1. The summed E-state index contributed by atoms with van der Waals surface area (Å²) in [5, 5.41) is 3.06. The van der Waals surface area contributed by atoms with E-state index in [1.807, 2.05) is 11.8 Å². The highest BCUT2D eigenvalue weighted by Gasteiger charge is 2.23. The lowest BCUT2D eigenvalue weighted by molar-refractivity contribution is 0.0955. The smallest absolute Gasteiger partial charge is 0.261 e. The van der Waals surface area contributed by atoms with Gasteiger partial charge >= 0.3 is 0 Å². The number of amides is 1. The van der Waals surface area contributed by atoms with Gasteiger partial charge in [-0.15, -0.1) is 23.1 Å². The second-order valence-corrected chi connectivity index (χ2v) is 8.95. The third-order valence-corrected chi connectivity index (χ3v) is 6.94. The number of hydrogen-bond donors (Lipinski definition) is 1. The average molecular weight is 380 g/mol. The second-order valence-electron chi connectivity index (χ2n) is 6.88. The number of rotatable bonds is 3. The van der Waals surface area contributed by atoms with Crippen LogP contribution in [0.4, 0.5) is 0 Å². The van der Waals surface area contributed by atoms with E-state index >= 15 is 0 Å². The molecule has 1 aliphatic heterocycles. The van der Waals surface area contributed by atoms with Crippen LogP contribution in [0.1, 0.15) is 37.5 Å². The van der Waals surface area contributed by atoms with Crippen LogP contribution in [0.15, 0.2) is 47.4 Å². The first kappa shape index (κ1) is 17.4. The molecular formula is C22H21NOS2. The monoisotopic (exact) mass is 379 g/mol. The lowest BCUT2D eigenvalue weighted by atomic mass is 10.0. The summed E-state index contributed by atoms with van der Waals surface area (Å²) in [6, 6.07) is 14.8. The quantitative estimate of drug-likeness (QED) is 0.616. The molecule has 1 aromatic heterocycles. The molecule has 132 valence electrons. The lowest BCUT2D eigenvalue weighted by Crippen LogP contribution is -2.21. The largest absolute Gasteiger partial charge is 0.347 e. The number of carbonyl (C=O) groups is 1. The zero-order chi connectivity index (χ0) is 18.3. The van der Waals surface area contributed by atoms with Gasteiger partial charge in [-0.25, -0.2) is 0 Å². The van der Waals surface area contributed by atoms with E-state index in [1.165, 1.54) is 37.6 Å². The highest BCUT2D eigenvalue weighted by molar-refractivity contribution is 7.98. The van der Waals surface area contributed by atoms with Gasteiger partial charge in [-0.1, -0.05) is 35.9 Å². The van der Waals surface area contributed by atoms with Crippen molar-refractivity contribution in [1.29, 1.82) is 0 Å². The van der Waals surface area contributed by atoms with Crippen molar-refractivity contribution in [3.05, 3.63) is 75.2 Å². The molecule has 1 aliphatic rings. The fourth-order valence-corrected chi connectivity index (χ4v) is 5.92. The van der Waals surface area contributed by atoms with Gasteiger partial charge in [-0.2, -0.15) is 0 Å². The first-order chi connectivity index (χ1) is 12.5. The number of aryl methyl sites for hydroxylation is 3. The molecule has 26 heavy (non-hydrogen) atoms. The first-order valence-corrected chi connectivity index (χ1v) is 10.5. The molecule has 0 radical (unpaired) electrons. The number of fused-ring (bicyclic) bond motifs is 3. The molecule has 3 aromatic rings. The van der Waals surface area contributed by atoms with Crippen LogP contribution in [-0.4, -0.2) is 5.91 Å². The molecule has 2 aromatic carbocycles. The van der Waals surface area contributed by atoms with Gasteiger partial charge in [0.1, 0.15) is 0 Å². The van der Waals surface area contributed by atoms with Gasteiger partial charge in [0, 0.05) is 27.6 Å². The summed E-state index contributed by atoms with van der Waals surface area (Å²) in [6.45, 7) is 6.93. The van der Waals surface area contributed by atoms with Crippen LogP contribution in [-0.2, 0) is 12.3 Å². The van der Waals surface area contributed by atoms with Crippen LogP contribution in [0, 0.1) is 20.8 Å². The molecule has 0 saturated carbocycles. The Morgan fingerprint density at radius 3 is 2.58 bits per heavy atom. The molecular weight excluding hydrogens is 358 g/mol. The van der Waals surface area contributed by atoms with Crippen molar-refractivity contribution < 1.29 is 4.79 Å². The molecule has 0 aliphatic carbocycles. The van der Waals surface area contributed by atoms with Crippen molar-refractivity contribution in [2.75, 3.05) is 0 Å². The van der Waals surface area contributed by atoms with Crippen molar-refractivity contribution in [1.82, 2.24) is 5.32 Å². The molecule has 1 amide bonds. The normalized spacial score (nSPS) is 12.4. The third-order valence-electron chi connectivity index (χ3n) is 4.66. The third kappa shape index (κ3) is 3.31. The van der Waals surface area contributed by atoms with Crippen LogP contribution >= 0.6 is 23.1 Å². The van der Waals surface area contributed by atoms with Crippen molar-refractivity contribution in [3.63, 3.8) is 0 Å². The molecule has 0 unspecified atom stereocenters. The van der Waals surface area contributed by atoms with Crippen molar-refractivity contribution >= 4 is 29.0 Å². The minimum Gasteiger partial charge on any atom is -0.347 e. The molecule has 0 saturated heterocycles. The average Bonchev–Trinajstić information content (AvgIpc) is 3.04. The number of benzene rings is 2. The van der Waals surface area contributed by atoms with Gasteiger partial charge in [0.25, 0.3) is 5.91 Å². The summed E-state index contributed by atoms with van der Waals surface area (Å²) < 4.78 is 0. The maximum atomic E-state index is 12.6. The highest BCUT2D eigenvalue weighted by Crippen LogP contribution is 2.47. The van der Waals surface area contributed by atoms with Crippen LogP contribution in [0.2, 0.25) is 0 Å². The maximum absolute atomic E-state index is 12.6. The predicted octanol–water partition coefficient (Wildman–Crippen LogP) is 5.88. The minimum absolute atomic E-state index is 0.0151.